The molecule has 2 atom stereocenters. The second kappa shape index (κ2) is 3.28. The van der Waals surface area contributed by atoms with Crippen LogP contribution in [0.25, 0.3) is 0 Å². The van der Waals surface area contributed by atoms with Crippen LogP contribution >= 0.6 is 0 Å². The lowest BCUT2D eigenvalue weighted by molar-refractivity contribution is 0.0555. The molecule has 1 aliphatic rings. The zero-order valence-corrected chi connectivity index (χ0v) is 7.36. The Morgan fingerprint density at radius 2 is 1.92 bits per heavy atom. The van der Waals surface area contributed by atoms with E-state index in [1.54, 1.807) is 0 Å². The van der Waals surface area contributed by atoms with Gasteiger partial charge in [-0.15, -0.1) is 0 Å². The summed E-state index contributed by atoms with van der Waals surface area (Å²) in [5.41, 5.74) is 1.32. The Hall–Kier alpha value is -0.820. The molecule has 2 rings (SSSR count). The number of hydrogen-bond donors (Lipinski definition) is 0. The molecule has 0 saturated carbocycles. The van der Waals surface area contributed by atoms with E-state index in [1.807, 2.05) is 6.07 Å². The fourth-order valence-electron chi connectivity index (χ4n) is 1.72. The second-order valence-electron chi connectivity index (χ2n) is 3.42. The SMILES string of the molecule is C[C@@H]1CC[C@H](c2ccccc2)O1. The van der Waals surface area contributed by atoms with Crippen LogP contribution in [0.5, 0.6) is 0 Å². The van der Waals surface area contributed by atoms with E-state index >= 15 is 0 Å². The normalized spacial score (nSPS) is 29.1. The molecule has 0 spiro atoms. The van der Waals surface area contributed by atoms with E-state index in [-0.39, 0.29) is 0 Å². The van der Waals surface area contributed by atoms with Gasteiger partial charge >= 0.3 is 0 Å². The summed E-state index contributed by atoms with van der Waals surface area (Å²) in [5, 5.41) is 0. The number of rotatable bonds is 1. The first-order chi connectivity index (χ1) is 5.86. The summed E-state index contributed by atoms with van der Waals surface area (Å²) in [6.07, 6.45) is 3.15. The van der Waals surface area contributed by atoms with Crippen LogP contribution in [0.2, 0.25) is 0 Å². The van der Waals surface area contributed by atoms with Crippen molar-refractivity contribution in [2.24, 2.45) is 0 Å². The molecule has 0 aliphatic carbocycles. The Morgan fingerprint density at radius 3 is 2.50 bits per heavy atom. The average molecular weight is 162 g/mol. The highest BCUT2D eigenvalue weighted by Gasteiger charge is 2.22. The predicted octanol–water partition coefficient (Wildman–Crippen LogP) is 2.93. The quantitative estimate of drug-likeness (QED) is 0.617. The van der Waals surface area contributed by atoms with Crippen LogP contribution in [-0.4, -0.2) is 6.10 Å². The van der Waals surface area contributed by atoms with Gasteiger partial charge in [0.15, 0.2) is 0 Å². The van der Waals surface area contributed by atoms with E-state index in [1.165, 1.54) is 18.4 Å². The third-order valence-electron chi connectivity index (χ3n) is 2.40. The van der Waals surface area contributed by atoms with E-state index in [4.69, 9.17) is 4.74 Å². The van der Waals surface area contributed by atoms with Crippen LogP contribution in [0.15, 0.2) is 30.3 Å². The number of hydrogen-bond acceptors (Lipinski definition) is 1. The van der Waals surface area contributed by atoms with Crippen molar-refractivity contribution in [2.45, 2.75) is 32.0 Å². The lowest BCUT2D eigenvalue weighted by atomic mass is 10.1. The van der Waals surface area contributed by atoms with Crippen molar-refractivity contribution in [1.82, 2.24) is 0 Å². The predicted molar refractivity (Wildman–Crippen MR) is 49.0 cm³/mol. The fraction of sp³-hybridized carbons (Fsp3) is 0.455. The van der Waals surface area contributed by atoms with E-state index in [2.05, 4.69) is 31.2 Å². The summed E-state index contributed by atoms with van der Waals surface area (Å²) < 4.78 is 5.75. The molecule has 64 valence electrons. The Bertz CT molecular complexity index is 242. The van der Waals surface area contributed by atoms with E-state index in [9.17, 15) is 0 Å². The lowest BCUT2D eigenvalue weighted by Gasteiger charge is -2.10. The molecule has 1 aliphatic heterocycles. The summed E-state index contributed by atoms with van der Waals surface area (Å²) in [6, 6.07) is 10.5. The molecule has 1 heterocycles. The zero-order valence-electron chi connectivity index (χ0n) is 7.36. The molecule has 0 radical (unpaired) electrons. The molecule has 1 nitrogen and oxygen atoms in total. The van der Waals surface area contributed by atoms with E-state index in [0.29, 0.717) is 12.2 Å². The summed E-state index contributed by atoms with van der Waals surface area (Å²) in [4.78, 5) is 0. The van der Waals surface area contributed by atoms with Gasteiger partial charge < -0.3 is 4.74 Å². The molecule has 12 heavy (non-hydrogen) atoms. The Kier molecular flexibility index (Phi) is 2.13. The third kappa shape index (κ3) is 1.51. The van der Waals surface area contributed by atoms with Gasteiger partial charge in [0, 0.05) is 0 Å². The van der Waals surface area contributed by atoms with Crippen molar-refractivity contribution in [3.63, 3.8) is 0 Å². The van der Waals surface area contributed by atoms with Crippen molar-refractivity contribution >= 4 is 0 Å². The van der Waals surface area contributed by atoms with Gasteiger partial charge in [0.25, 0.3) is 0 Å². The molecule has 1 aromatic rings. The van der Waals surface area contributed by atoms with Crippen molar-refractivity contribution in [1.29, 1.82) is 0 Å². The molecule has 1 saturated heterocycles. The maximum Gasteiger partial charge on any atom is 0.0829 e. The minimum atomic E-state index is 0.348. The molecule has 0 unspecified atom stereocenters. The minimum absolute atomic E-state index is 0.348. The first-order valence-corrected chi connectivity index (χ1v) is 4.56. The van der Waals surface area contributed by atoms with Gasteiger partial charge in [-0.3, -0.25) is 0 Å². The van der Waals surface area contributed by atoms with Crippen molar-refractivity contribution < 1.29 is 4.74 Å². The van der Waals surface area contributed by atoms with E-state index in [0.717, 1.165) is 0 Å². The summed E-state index contributed by atoms with van der Waals surface area (Å²) in [7, 11) is 0. The minimum Gasteiger partial charge on any atom is -0.371 e. The van der Waals surface area contributed by atoms with Crippen LogP contribution in [-0.2, 0) is 4.74 Å². The van der Waals surface area contributed by atoms with Gasteiger partial charge in [-0.05, 0) is 25.3 Å². The molecule has 0 amide bonds. The van der Waals surface area contributed by atoms with Gasteiger partial charge in [-0.1, -0.05) is 30.3 Å². The van der Waals surface area contributed by atoms with Crippen LogP contribution in [0.3, 0.4) is 0 Å². The first kappa shape index (κ1) is 7.81. The molecule has 1 heteroatoms. The summed E-state index contributed by atoms with van der Waals surface area (Å²) in [6.45, 7) is 2.14. The zero-order chi connectivity index (χ0) is 8.39. The third-order valence-corrected chi connectivity index (χ3v) is 2.40. The molecule has 0 aromatic heterocycles. The van der Waals surface area contributed by atoms with E-state index < -0.39 is 0 Å². The highest BCUT2D eigenvalue weighted by atomic mass is 16.5. The smallest absolute Gasteiger partial charge is 0.0829 e. The van der Waals surface area contributed by atoms with Gasteiger partial charge in [0.1, 0.15) is 0 Å². The maximum absolute atomic E-state index is 5.75. The highest BCUT2D eigenvalue weighted by Crippen LogP contribution is 2.31. The van der Waals surface area contributed by atoms with Gasteiger partial charge in [0.2, 0.25) is 0 Å². The van der Waals surface area contributed by atoms with Crippen LogP contribution in [0, 0.1) is 0 Å². The first-order valence-electron chi connectivity index (χ1n) is 4.56. The van der Waals surface area contributed by atoms with Crippen LogP contribution in [0.1, 0.15) is 31.4 Å². The standard InChI is InChI=1S/C11H14O/c1-9-7-8-11(12-9)10-5-3-2-4-6-10/h2-6,9,11H,7-8H2,1H3/t9-,11-/m1/s1. The topological polar surface area (TPSA) is 9.23 Å². The summed E-state index contributed by atoms with van der Waals surface area (Å²) in [5.74, 6) is 0. The molecule has 0 N–H and O–H groups in total. The second-order valence-corrected chi connectivity index (χ2v) is 3.42. The fourth-order valence-corrected chi connectivity index (χ4v) is 1.72. The van der Waals surface area contributed by atoms with Gasteiger partial charge in [-0.2, -0.15) is 0 Å². The highest BCUT2D eigenvalue weighted by molar-refractivity contribution is 5.18. The Labute approximate surface area is 73.4 Å². The van der Waals surface area contributed by atoms with Crippen LogP contribution < -0.4 is 0 Å². The average Bonchev–Trinajstić information content (AvgIpc) is 2.54. The molecular weight excluding hydrogens is 148 g/mol. The summed E-state index contributed by atoms with van der Waals surface area (Å²) >= 11 is 0. The number of ether oxygens (including phenoxy) is 1. The Morgan fingerprint density at radius 1 is 1.17 bits per heavy atom. The number of benzene rings is 1. The van der Waals surface area contributed by atoms with Gasteiger partial charge in [-0.25, -0.2) is 0 Å². The van der Waals surface area contributed by atoms with Crippen molar-refractivity contribution in [3.8, 4) is 0 Å². The lowest BCUT2D eigenvalue weighted by Crippen LogP contribution is -2.00. The maximum atomic E-state index is 5.75. The molecule has 0 bridgehead atoms. The molecule has 1 aromatic carbocycles. The monoisotopic (exact) mass is 162 g/mol. The van der Waals surface area contributed by atoms with Crippen LogP contribution in [0.4, 0.5) is 0 Å². The van der Waals surface area contributed by atoms with Crippen molar-refractivity contribution in [3.05, 3.63) is 35.9 Å². The molecule has 1 fully saturated rings. The molecular formula is C11H14O. The van der Waals surface area contributed by atoms with Gasteiger partial charge in [0.05, 0.1) is 12.2 Å². The largest absolute Gasteiger partial charge is 0.371 e. The Balaban J connectivity index is 2.11. The van der Waals surface area contributed by atoms with Crippen molar-refractivity contribution in [2.75, 3.05) is 0 Å².